The zero-order chi connectivity index (χ0) is 23.8. The number of benzene rings is 1. The number of aromatic hydroxyl groups is 1. The fourth-order valence-electron chi connectivity index (χ4n) is 3.34. The average molecular weight is 457 g/mol. The molecule has 0 aliphatic rings. The van der Waals surface area contributed by atoms with E-state index < -0.39 is 12.0 Å². The molecule has 0 unspecified atom stereocenters. The standard InChI is InChI=1S/C21H18F3N7O2/c1-11-16(12(2)31-20(27-11)29-19(30-31)21(22,23)24)6-7-17(33)28-14-9-25-18(26-10-14)13-4-3-5-15(32)8-13/h3-5,8-10,32H,6-7H2,1-2H3,(H,28,33). The molecule has 0 saturated carbocycles. The molecule has 9 nitrogen and oxygen atoms in total. The van der Waals surface area contributed by atoms with Gasteiger partial charge in [0.05, 0.1) is 18.1 Å². The Bertz CT molecular complexity index is 1330. The van der Waals surface area contributed by atoms with Gasteiger partial charge >= 0.3 is 6.18 Å². The van der Waals surface area contributed by atoms with Gasteiger partial charge in [-0.25, -0.2) is 19.5 Å². The zero-order valence-corrected chi connectivity index (χ0v) is 17.6. The molecule has 0 saturated heterocycles. The molecule has 2 N–H and O–H groups in total. The highest BCUT2D eigenvalue weighted by molar-refractivity contribution is 5.90. The number of fused-ring (bicyclic) bond motifs is 1. The van der Waals surface area contributed by atoms with Crippen LogP contribution in [0.15, 0.2) is 36.7 Å². The third-order valence-electron chi connectivity index (χ3n) is 4.94. The normalized spacial score (nSPS) is 11.7. The van der Waals surface area contributed by atoms with Crippen molar-refractivity contribution in [3.05, 3.63) is 59.4 Å². The number of anilines is 1. The summed E-state index contributed by atoms with van der Waals surface area (Å²) < 4.78 is 39.8. The molecule has 3 aromatic heterocycles. The van der Waals surface area contributed by atoms with Crippen LogP contribution in [-0.4, -0.2) is 40.6 Å². The van der Waals surface area contributed by atoms with Crippen LogP contribution < -0.4 is 5.32 Å². The van der Waals surface area contributed by atoms with Crippen molar-refractivity contribution in [1.82, 2.24) is 29.5 Å². The lowest BCUT2D eigenvalue weighted by Gasteiger charge is -2.10. The zero-order valence-electron chi connectivity index (χ0n) is 17.6. The van der Waals surface area contributed by atoms with Gasteiger partial charge in [-0.2, -0.15) is 18.2 Å². The van der Waals surface area contributed by atoms with Gasteiger partial charge in [0.15, 0.2) is 5.82 Å². The van der Waals surface area contributed by atoms with Gasteiger partial charge in [-0.05, 0) is 38.0 Å². The molecular weight excluding hydrogens is 439 g/mol. The van der Waals surface area contributed by atoms with Crippen LogP contribution in [0.2, 0.25) is 0 Å². The van der Waals surface area contributed by atoms with Crippen LogP contribution in [0, 0.1) is 13.8 Å². The molecular formula is C21H18F3N7O2. The summed E-state index contributed by atoms with van der Waals surface area (Å²) in [7, 11) is 0. The highest BCUT2D eigenvalue weighted by Gasteiger charge is 2.37. The van der Waals surface area contributed by atoms with Gasteiger partial charge in [-0.15, -0.1) is 5.10 Å². The summed E-state index contributed by atoms with van der Waals surface area (Å²) in [5, 5.41) is 15.7. The number of carbonyl (C=O) groups is 1. The number of amides is 1. The minimum Gasteiger partial charge on any atom is -0.508 e. The van der Waals surface area contributed by atoms with Gasteiger partial charge < -0.3 is 10.4 Å². The lowest BCUT2D eigenvalue weighted by Crippen LogP contribution is -2.15. The van der Waals surface area contributed by atoms with Crippen LogP contribution in [0.25, 0.3) is 17.2 Å². The molecule has 0 fully saturated rings. The number of carbonyl (C=O) groups excluding carboxylic acids is 1. The Morgan fingerprint density at radius 3 is 2.55 bits per heavy atom. The van der Waals surface area contributed by atoms with Crippen molar-refractivity contribution in [2.45, 2.75) is 32.9 Å². The van der Waals surface area contributed by atoms with Gasteiger partial charge in [-0.1, -0.05) is 12.1 Å². The van der Waals surface area contributed by atoms with E-state index >= 15 is 0 Å². The maximum Gasteiger partial charge on any atom is 0.453 e. The van der Waals surface area contributed by atoms with Crippen molar-refractivity contribution >= 4 is 17.4 Å². The van der Waals surface area contributed by atoms with E-state index in [0.29, 0.717) is 34.0 Å². The molecule has 12 heteroatoms. The van der Waals surface area contributed by atoms with Crippen molar-refractivity contribution in [2.24, 2.45) is 0 Å². The molecule has 0 aliphatic carbocycles. The van der Waals surface area contributed by atoms with Gasteiger partial charge in [0, 0.05) is 23.4 Å². The summed E-state index contributed by atoms with van der Waals surface area (Å²) in [4.78, 5) is 28.3. The molecule has 1 amide bonds. The first-order valence-electron chi connectivity index (χ1n) is 9.83. The topological polar surface area (TPSA) is 118 Å². The van der Waals surface area contributed by atoms with E-state index in [4.69, 9.17) is 0 Å². The number of rotatable bonds is 5. The Morgan fingerprint density at radius 1 is 1.15 bits per heavy atom. The number of hydrogen-bond acceptors (Lipinski definition) is 7. The van der Waals surface area contributed by atoms with Crippen molar-refractivity contribution in [2.75, 3.05) is 5.32 Å². The Kier molecular flexibility index (Phi) is 5.66. The van der Waals surface area contributed by atoms with Crippen molar-refractivity contribution < 1.29 is 23.1 Å². The molecule has 1 aromatic carbocycles. The van der Waals surface area contributed by atoms with E-state index in [0.717, 1.165) is 4.52 Å². The lowest BCUT2D eigenvalue weighted by molar-refractivity contribution is -0.144. The monoisotopic (exact) mass is 457 g/mol. The predicted octanol–water partition coefficient (Wildman–Crippen LogP) is 3.49. The SMILES string of the molecule is Cc1nc2nc(C(F)(F)F)nn2c(C)c1CCC(=O)Nc1cnc(-c2cccc(O)c2)nc1. The Balaban J connectivity index is 1.44. The minimum atomic E-state index is -4.67. The Morgan fingerprint density at radius 2 is 1.88 bits per heavy atom. The number of alkyl halides is 3. The molecule has 4 rings (SSSR count). The fourth-order valence-corrected chi connectivity index (χ4v) is 3.34. The summed E-state index contributed by atoms with van der Waals surface area (Å²) in [6.07, 6.45) is -1.47. The van der Waals surface area contributed by atoms with Crippen molar-refractivity contribution in [1.29, 1.82) is 0 Å². The second-order valence-electron chi connectivity index (χ2n) is 7.30. The maximum absolute atomic E-state index is 12.9. The number of aryl methyl sites for hydroxylation is 2. The van der Waals surface area contributed by atoms with Crippen LogP contribution in [0.3, 0.4) is 0 Å². The van der Waals surface area contributed by atoms with Crippen LogP contribution in [0.5, 0.6) is 5.75 Å². The van der Waals surface area contributed by atoms with E-state index in [1.165, 1.54) is 24.5 Å². The van der Waals surface area contributed by atoms with E-state index in [1.54, 1.807) is 26.0 Å². The van der Waals surface area contributed by atoms with Crippen molar-refractivity contribution in [3.63, 3.8) is 0 Å². The third-order valence-corrected chi connectivity index (χ3v) is 4.94. The molecule has 4 aromatic rings. The first-order valence-corrected chi connectivity index (χ1v) is 9.83. The molecule has 0 atom stereocenters. The third kappa shape index (κ3) is 4.73. The molecule has 33 heavy (non-hydrogen) atoms. The minimum absolute atomic E-state index is 0.0595. The molecule has 0 bridgehead atoms. The summed E-state index contributed by atoms with van der Waals surface area (Å²) in [6, 6.07) is 6.47. The van der Waals surface area contributed by atoms with Crippen LogP contribution in [0.4, 0.5) is 18.9 Å². The first-order chi connectivity index (χ1) is 15.6. The smallest absolute Gasteiger partial charge is 0.453 e. The number of aromatic nitrogens is 6. The van der Waals surface area contributed by atoms with E-state index in [1.807, 2.05) is 0 Å². The average Bonchev–Trinajstić information content (AvgIpc) is 3.19. The van der Waals surface area contributed by atoms with Crippen molar-refractivity contribution in [3.8, 4) is 17.1 Å². The summed E-state index contributed by atoms with van der Waals surface area (Å²) in [5.74, 6) is -1.25. The number of phenolic OH excluding ortho intramolecular Hbond substituents is 1. The number of halogens is 3. The lowest BCUT2D eigenvalue weighted by atomic mass is 10.1. The molecule has 0 aliphatic heterocycles. The number of nitrogens with zero attached hydrogens (tertiary/aromatic N) is 6. The largest absolute Gasteiger partial charge is 0.508 e. The fraction of sp³-hybridized carbons (Fsp3) is 0.238. The second kappa shape index (κ2) is 8.45. The highest BCUT2D eigenvalue weighted by Crippen LogP contribution is 2.27. The predicted molar refractivity (Wildman–Crippen MR) is 111 cm³/mol. The molecule has 0 spiro atoms. The summed E-state index contributed by atoms with van der Waals surface area (Å²) in [6.45, 7) is 3.26. The van der Waals surface area contributed by atoms with Gasteiger partial charge in [0.1, 0.15) is 5.75 Å². The van der Waals surface area contributed by atoms with Gasteiger partial charge in [-0.3, -0.25) is 4.79 Å². The first kappa shape index (κ1) is 22.1. The van der Waals surface area contributed by atoms with E-state index in [2.05, 4.69) is 30.4 Å². The van der Waals surface area contributed by atoms with Crippen LogP contribution >= 0.6 is 0 Å². The summed E-state index contributed by atoms with van der Waals surface area (Å²) in [5.41, 5.74) is 2.55. The second-order valence-corrected chi connectivity index (χ2v) is 7.30. The van der Waals surface area contributed by atoms with Gasteiger partial charge in [0.2, 0.25) is 5.91 Å². The van der Waals surface area contributed by atoms with Crippen LogP contribution in [-0.2, 0) is 17.4 Å². The quantitative estimate of drug-likeness (QED) is 0.471. The highest BCUT2D eigenvalue weighted by atomic mass is 19.4. The maximum atomic E-state index is 12.9. The Labute approximate surface area is 185 Å². The molecule has 0 radical (unpaired) electrons. The molecule has 3 heterocycles. The molecule has 170 valence electrons. The van der Waals surface area contributed by atoms with Gasteiger partial charge in [0.25, 0.3) is 11.6 Å². The number of phenols is 1. The van der Waals surface area contributed by atoms with E-state index in [9.17, 15) is 23.1 Å². The number of nitrogens with one attached hydrogen (secondary N) is 1. The summed E-state index contributed by atoms with van der Waals surface area (Å²) >= 11 is 0. The van der Waals surface area contributed by atoms with E-state index in [-0.39, 0.29) is 30.3 Å². The Hall–Kier alpha value is -4.09. The van der Waals surface area contributed by atoms with Crippen LogP contribution in [0.1, 0.15) is 29.2 Å². The number of hydrogen-bond donors (Lipinski definition) is 2.